The van der Waals surface area contributed by atoms with E-state index in [2.05, 4.69) is 62.0 Å². The average molecular weight is 552 g/mol. The van der Waals surface area contributed by atoms with Crippen LogP contribution in [0.4, 0.5) is 5.82 Å². The fraction of sp³-hybridized carbons (Fsp3) is 0.414. The Morgan fingerprint density at radius 1 is 1.00 bits per heavy atom. The average Bonchev–Trinajstić information content (AvgIpc) is 2.89. The summed E-state index contributed by atoms with van der Waals surface area (Å²) >= 11 is 0. The number of nitrogens with zero attached hydrogens (tertiary/aromatic N) is 4. The number of aromatic nitrogens is 2. The molecular formula is C29H37N5O4S. The maximum absolute atomic E-state index is 12.4. The van der Waals surface area contributed by atoms with E-state index in [4.69, 9.17) is 4.74 Å². The predicted molar refractivity (Wildman–Crippen MR) is 153 cm³/mol. The standard InChI is InChI=1S/C29H37N5O4S/c1-6-38-24-9-7-8-23(19-24)25-11-10-22(18-21(25)2)20-33-14-16-34(17-15-33)27-13-12-26(30-31-27)28(35)32-39(36,37)29(3,4)5/h7-13,18-19H,6,14-17,20H2,1-5H3,(H,32,35). The number of hydrogen-bond acceptors (Lipinski definition) is 8. The summed E-state index contributed by atoms with van der Waals surface area (Å²) in [4.78, 5) is 16.9. The van der Waals surface area contributed by atoms with Crippen LogP contribution in [0.2, 0.25) is 0 Å². The molecule has 2 heterocycles. The van der Waals surface area contributed by atoms with Gasteiger partial charge < -0.3 is 9.64 Å². The molecule has 1 fully saturated rings. The van der Waals surface area contributed by atoms with Crippen LogP contribution < -0.4 is 14.4 Å². The first kappa shape index (κ1) is 28.5. The zero-order valence-corrected chi connectivity index (χ0v) is 24.1. The molecular weight excluding hydrogens is 514 g/mol. The van der Waals surface area contributed by atoms with Gasteiger partial charge in [-0.3, -0.25) is 9.69 Å². The van der Waals surface area contributed by atoms with Crippen molar-refractivity contribution in [1.82, 2.24) is 19.8 Å². The van der Waals surface area contributed by atoms with Crippen LogP contribution in [0.25, 0.3) is 11.1 Å². The third-order valence-corrected chi connectivity index (χ3v) is 8.83. The maximum Gasteiger partial charge on any atom is 0.285 e. The number of rotatable bonds is 8. The molecule has 2 aromatic carbocycles. The number of sulfonamides is 1. The van der Waals surface area contributed by atoms with E-state index in [9.17, 15) is 13.2 Å². The molecule has 4 rings (SSSR count). The lowest BCUT2D eigenvalue weighted by molar-refractivity contribution is 0.0974. The molecule has 208 valence electrons. The van der Waals surface area contributed by atoms with Crippen molar-refractivity contribution >= 4 is 21.7 Å². The molecule has 39 heavy (non-hydrogen) atoms. The number of ether oxygens (including phenoxy) is 1. The van der Waals surface area contributed by atoms with Crippen LogP contribution in [0.3, 0.4) is 0 Å². The molecule has 0 unspecified atom stereocenters. The molecule has 10 heteroatoms. The Kier molecular flexibility index (Phi) is 8.56. The van der Waals surface area contributed by atoms with Crippen LogP contribution in [0.1, 0.15) is 49.3 Å². The van der Waals surface area contributed by atoms with Crippen LogP contribution in [0.5, 0.6) is 5.75 Å². The zero-order valence-electron chi connectivity index (χ0n) is 23.3. The van der Waals surface area contributed by atoms with Gasteiger partial charge in [-0.15, -0.1) is 10.2 Å². The van der Waals surface area contributed by atoms with E-state index in [1.165, 1.54) is 43.5 Å². The SMILES string of the molecule is CCOc1cccc(-c2ccc(CN3CCN(c4ccc(C(=O)NS(=O)(=O)C(C)(C)C)nn4)CC3)cc2C)c1. The topological polar surface area (TPSA) is 105 Å². The molecule has 0 atom stereocenters. The first-order valence-electron chi connectivity index (χ1n) is 13.2. The van der Waals surface area contributed by atoms with Gasteiger partial charge in [-0.05, 0) is 81.1 Å². The molecule has 1 saturated heterocycles. The number of anilines is 1. The molecule has 0 bridgehead atoms. The van der Waals surface area contributed by atoms with E-state index < -0.39 is 20.7 Å². The van der Waals surface area contributed by atoms with Gasteiger partial charge in [-0.25, -0.2) is 13.1 Å². The van der Waals surface area contributed by atoms with Gasteiger partial charge in [-0.2, -0.15) is 0 Å². The Labute approximate surface area is 231 Å². The number of carbonyl (C=O) groups is 1. The molecule has 1 aliphatic heterocycles. The minimum Gasteiger partial charge on any atom is -0.494 e. The van der Waals surface area contributed by atoms with Gasteiger partial charge in [0.2, 0.25) is 10.0 Å². The predicted octanol–water partition coefficient (Wildman–Crippen LogP) is 4.03. The second kappa shape index (κ2) is 11.7. The molecule has 1 aromatic heterocycles. The first-order chi connectivity index (χ1) is 18.5. The number of nitrogens with one attached hydrogen (secondary N) is 1. The number of piperazine rings is 1. The quantitative estimate of drug-likeness (QED) is 0.448. The molecule has 1 N–H and O–H groups in total. The van der Waals surface area contributed by atoms with Crippen LogP contribution in [0.15, 0.2) is 54.6 Å². The van der Waals surface area contributed by atoms with Crippen molar-refractivity contribution in [1.29, 1.82) is 0 Å². The molecule has 3 aromatic rings. The van der Waals surface area contributed by atoms with Gasteiger partial charge in [0.25, 0.3) is 5.91 Å². The van der Waals surface area contributed by atoms with Crippen LogP contribution in [0, 0.1) is 6.92 Å². The smallest absolute Gasteiger partial charge is 0.285 e. The maximum atomic E-state index is 12.4. The summed E-state index contributed by atoms with van der Waals surface area (Å²) in [6.45, 7) is 13.5. The third kappa shape index (κ3) is 6.93. The van der Waals surface area contributed by atoms with Crippen molar-refractivity contribution < 1.29 is 17.9 Å². The summed E-state index contributed by atoms with van der Waals surface area (Å²) in [6, 6.07) is 18.1. The van der Waals surface area contributed by atoms with E-state index in [1.54, 1.807) is 6.07 Å². The van der Waals surface area contributed by atoms with Crippen molar-refractivity contribution in [2.75, 3.05) is 37.7 Å². The monoisotopic (exact) mass is 551 g/mol. The number of aryl methyl sites for hydroxylation is 1. The van der Waals surface area contributed by atoms with Crippen molar-refractivity contribution in [3.8, 4) is 16.9 Å². The van der Waals surface area contributed by atoms with E-state index in [-0.39, 0.29) is 5.69 Å². The van der Waals surface area contributed by atoms with Gasteiger partial charge >= 0.3 is 0 Å². The summed E-state index contributed by atoms with van der Waals surface area (Å²) < 4.78 is 31.1. The summed E-state index contributed by atoms with van der Waals surface area (Å²) in [5, 5.41) is 8.16. The highest BCUT2D eigenvalue weighted by Gasteiger charge is 2.31. The summed E-state index contributed by atoms with van der Waals surface area (Å²) in [6.07, 6.45) is 0. The Bertz CT molecular complexity index is 1410. The van der Waals surface area contributed by atoms with Crippen molar-refractivity contribution in [3.63, 3.8) is 0 Å². The van der Waals surface area contributed by atoms with Gasteiger partial charge in [-0.1, -0.05) is 30.3 Å². The first-order valence-corrected chi connectivity index (χ1v) is 14.7. The largest absolute Gasteiger partial charge is 0.494 e. The highest BCUT2D eigenvalue weighted by molar-refractivity contribution is 7.91. The Morgan fingerprint density at radius 3 is 2.36 bits per heavy atom. The molecule has 1 aliphatic rings. The van der Waals surface area contributed by atoms with Gasteiger partial charge in [0.05, 0.1) is 11.4 Å². The van der Waals surface area contributed by atoms with Gasteiger partial charge in [0, 0.05) is 32.7 Å². The molecule has 0 aliphatic carbocycles. The van der Waals surface area contributed by atoms with Gasteiger partial charge in [0.15, 0.2) is 11.5 Å². The second-order valence-electron chi connectivity index (χ2n) is 10.7. The molecule has 0 radical (unpaired) electrons. The Hall–Kier alpha value is -3.50. The number of benzene rings is 2. The third-order valence-electron chi connectivity index (χ3n) is 6.77. The zero-order chi connectivity index (χ0) is 28.2. The van der Waals surface area contributed by atoms with Crippen LogP contribution in [-0.2, 0) is 16.6 Å². The van der Waals surface area contributed by atoms with E-state index in [0.29, 0.717) is 12.4 Å². The van der Waals surface area contributed by atoms with E-state index >= 15 is 0 Å². The lowest BCUT2D eigenvalue weighted by Crippen LogP contribution is -2.46. The Balaban J connectivity index is 1.32. The molecule has 0 saturated carbocycles. The van der Waals surface area contributed by atoms with E-state index in [0.717, 1.165) is 44.0 Å². The summed E-state index contributed by atoms with van der Waals surface area (Å²) in [7, 11) is -3.82. The highest BCUT2D eigenvalue weighted by atomic mass is 32.2. The molecule has 0 spiro atoms. The molecule has 1 amide bonds. The minimum atomic E-state index is -3.82. The fourth-order valence-corrected chi connectivity index (χ4v) is 5.06. The lowest BCUT2D eigenvalue weighted by Gasteiger charge is -2.35. The second-order valence-corrected chi connectivity index (χ2v) is 13.1. The lowest BCUT2D eigenvalue weighted by atomic mass is 9.98. The molecule has 9 nitrogen and oxygen atoms in total. The fourth-order valence-electron chi connectivity index (χ4n) is 4.40. The number of hydrogen-bond donors (Lipinski definition) is 1. The van der Waals surface area contributed by atoms with Crippen LogP contribution >= 0.6 is 0 Å². The highest BCUT2D eigenvalue weighted by Crippen LogP contribution is 2.28. The van der Waals surface area contributed by atoms with Crippen molar-refractivity contribution in [2.45, 2.75) is 45.9 Å². The van der Waals surface area contributed by atoms with Gasteiger partial charge in [0.1, 0.15) is 5.75 Å². The normalized spacial score (nSPS) is 14.7. The number of amides is 1. The Morgan fingerprint density at radius 2 is 1.74 bits per heavy atom. The van der Waals surface area contributed by atoms with Crippen molar-refractivity contribution in [2.24, 2.45) is 0 Å². The van der Waals surface area contributed by atoms with Crippen molar-refractivity contribution in [3.05, 3.63) is 71.4 Å². The van der Waals surface area contributed by atoms with E-state index in [1.807, 2.05) is 19.1 Å². The summed E-state index contributed by atoms with van der Waals surface area (Å²) in [5.41, 5.74) is 4.82. The number of carbonyl (C=O) groups excluding carboxylic acids is 1. The minimum absolute atomic E-state index is 0.0337. The summed E-state index contributed by atoms with van der Waals surface area (Å²) in [5.74, 6) is 0.767. The van der Waals surface area contributed by atoms with Crippen LogP contribution in [-0.4, -0.2) is 67.0 Å².